The highest BCUT2D eigenvalue weighted by atomic mass is 35.5. The van der Waals surface area contributed by atoms with Crippen LogP contribution in [-0.2, 0) is 4.79 Å². The van der Waals surface area contributed by atoms with Gasteiger partial charge >= 0.3 is 5.97 Å². The number of rotatable bonds is 6. The van der Waals surface area contributed by atoms with Crippen molar-refractivity contribution in [2.24, 2.45) is 0 Å². The molecule has 2 aromatic rings. The second-order valence-electron chi connectivity index (χ2n) is 6.27. The van der Waals surface area contributed by atoms with E-state index in [-0.39, 0.29) is 6.04 Å². The fourth-order valence-electron chi connectivity index (χ4n) is 3.69. The van der Waals surface area contributed by atoms with E-state index in [1.54, 1.807) is 14.2 Å². The molecule has 5 nitrogen and oxygen atoms in total. The van der Waals surface area contributed by atoms with Crippen LogP contribution in [0, 0.1) is 0 Å². The number of carboxylic acids is 1. The Morgan fingerprint density at radius 3 is 2.54 bits per heavy atom. The Kier molecular flexibility index (Phi) is 5.69. The van der Waals surface area contributed by atoms with Gasteiger partial charge in [-0.1, -0.05) is 35.9 Å². The average molecular weight is 376 g/mol. The highest BCUT2D eigenvalue weighted by molar-refractivity contribution is 6.30. The van der Waals surface area contributed by atoms with Crippen LogP contribution < -0.4 is 9.47 Å². The zero-order valence-corrected chi connectivity index (χ0v) is 15.6. The molecule has 3 rings (SSSR count). The van der Waals surface area contributed by atoms with E-state index in [1.165, 1.54) is 0 Å². The first-order valence-electron chi connectivity index (χ1n) is 8.51. The minimum absolute atomic E-state index is 0.263. The normalized spacial score (nSPS) is 18.5. The Balaban J connectivity index is 2.15. The van der Waals surface area contributed by atoms with Gasteiger partial charge in [0.2, 0.25) is 0 Å². The molecule has 0 spiro atoms. The molecule has 1 N–H and O–H groups in total. The van der Waals surface area contributed by atoms with E-state index in [0.717, 1.165) is 17.5 Å². The number of hydrogen-bond donors (Lipinski definition) is 1. The minimum Gasteiger partial charge on any atom is -0.493 e. The molecule has 0 amide bonds. The van der Waals surface area contributed by atoms with Crippen molar-refractivity contribution in [3.63, 3.8) is 0 Å². The number of carboxylic acid groups (broad SMARTS) is 1. The highest BCUT2D eigenvalue weighted by Gasteiger charge is 2.38. The average Bonchev–Trinajstić information content (AvgIpc) is 3.13. The van der Waals surface area contributed by atoms with Crippen LogP contribution in [-0.4, -0.2) is 42.8 Å². The fraction of sp³-hybridized carbons (Fsp3) is 0.350. The van der Waals surface area contributed by atoms with Crippen LogP contribution in [0.4, 0.5) is 0 Å². The van der Waals surface area contributed by atoms with Crippen LogP contribution in [0.1, 0.15) is 30.0 Å². The first kappa shape index (κ1) is 18.5. The van der Waals surface area contributed by atoms with Gasteiger partial charge in [-0.15, -0.1) is 0 Å². The topological polar surface area (TPSA) is 59.0 Å². The van der Waals surface area contributed by atoms with Crippen molar-refractivity contribution in [1.82, 2.24) is 4.90 Å². The molecule has 1 aliphatic heterocycles. The fourth-order valence-corrected chi connectivity index (χ4v) is 3.81. The third-order valence-electron chi connectivity index (χ3n) is 4.82. The Morgan fingerprint density at radius 2 is 1.92 bits per heavy atom. The molecule has 0 bridgehead atoms. The van der Waals surface area contributed by atoms with E-state index in [0.29, 0.717) is 29.5 Å². The molecule has 2 aromatic carbocycles. The smallest absolute Gasteiger partial charge is 0.320 e. The summed E-state index contributed by atoms with van der Waals surface area (Å²) in [6, 6.07) is 12.4. The van der Waals surface area contributed by atoms with Crippen LogP contribution in [0.3, 0.4) is 0 Å². The predicted octanol–water partition coefficient (Wildman–Crippen LogP) is 4.00. The van der Waals surface area contributed by atoms with Crippen molar-refractivity contribution in [3.05, 3.63) is 58.6 Å². The third-order valence-corrected chi connectivity index (χ3v) is 5.08. The second-order valence-corrected chi connectivity index (χ2v) is 6.71. The molecular formula is C20H22ClNO4. The maximum atomic E-state index is 11.8. The molecule has 1 heterocycles. The lowest BCUT2D eigenvalue weighted by atomic mass is 9.95. The lowest BCUT2D eigenvalue weighted by Gasteiger charge is -2.33. The Morgan fingerprint density at radius 1 is 1.19 bits per heavy atom. The summed E-state index contributed by atoms with van der Waals surface area (Å²) in [6.45, 7) is 0.699. The van der Waals surface area contributed by atoms with Gasteiger partial charge in [-0.25, -0.2) is 0 Å². The molecule has 2 unspecified atom stereocenters. The molecule has 1 fully saturated rings. The number of ether oxygens (including phenoxy) is 2. The van der Waals surface area contributed by atoms with Crippen LogP contribution in [0.5, 0.6) is 11.5 Å². The molecule has 1 saturated heterocycles. The maximum absolute atomic E-state index is 11.8. The van der Waals surface area contributed by atoms with Gasteiger partial charge in [-0.2, -0.15) is 0 Å². The SMILES string of the molecule is COc1cccc(C(c2ccc(Cl)cc2)N2CCCC2C(=O)O)c1OC. The molecular weight excluding hydrogens is 354 g/mol. The third kappa shape index (κ3) is 3.50. The Hall–Kier alpha value is -2.24. The van der Waals surface area contributed by atoms with E-state index >= 15 is 0 Å². The summed E-state index contributed by atoms with van der Waals surface area (Å²) in [5.74, 6) is 0.435. The number of methoxy groups -OCH3 is 2. The lowest BCUT2D eigenvalue weighted by Crippen LogP contribution is -2.39. The van der Waals surface area contributed by atoms with E-state index in [1.807, 2.05) is 47.4 Å². The Labute approximate surface area is 158 Å². The van der Waals surface area contributed by atoms with Crippen LogP contribution in [0.2, 0.25) is 5.02 Å². The zero-order chi connectivity index (χ0) is 18.7. The molecule has 6 heteroatoms. The summed E-state index contributed by atoms with van der Waals surface area (Å²) >= 11 is 6.05. The molecule has 138 valence electrons. The van der Waals surface area contributed by atoms with Crippen molar-refractivity contribution in [1.29, 1.82) is 0 Å². The summed E-state index contributed by atoms with van der Waals surface area (Å²) in [5.41, 5.74) is 1.84. The molecule has 0 aromatic heterocycles. The lowest BCUT2D eigenvalue weighted by molar-refractivity contribution is -0.142. The van der Waals surface area contributed by atoms with Crippen LogP contribution in [0.15, 0.2) is 42.5 Å². The summed E-state index contributed by atoms with van der Waals surface area (Å²) in [5, 5.41) is 10.3. The Bertz CT molecular complexity index is 778. The van der Waals surface area contributed by atoms with Gasteiger partial charge in [0.25, 0.3) is 0 Å². The molecule has 1 aliphatic rings. The van der Waals surface area contributed by atoms with E-state index in [4.69, 9.17) is 21.1 Å². The van der Waals surface area contributed by atoms with E-state index in [9.17, 15) is 9.90 Å². The second kappa shape index (κ2) is 7.98. The summed E-state index contributed by atoms with van der Waals surface area (Å²) in [6.07, 6.45) is 1.47. The molecule has 0 aliphatic carbocycles. The standard InChI is InChI=1S/C20H22ClNO4/c1-25-17-7-3-5-15(19(17)26-2)18(13-8-10-14(21)11-9-13)22-12-4-6-16(22)20(23)24/h3,5,7-11,16,18H,4,6,12H2,1-2H3,(H,23,24). The largest absolute Gasteiger partial charge is 0.493 e. The number of aliphatic carboxylic acids is 1. The number of nitrogens with zero attached hydrogens (tertiary/aromatic N) is 1. The number of likely N-dealkylation sites (tertiary alicyclic amines) is 1. The summed E-state index contributed by atoms with van der Waals surface area (Å²) in [4.78, 5) is 13.8. The minimum atomic E-state index is -0.802. The molecule has 0 radical (unpaired) electrons. The van der Waals surface area contributed by atoms with Gasteiger partial charge in [-0.3, -0.25) is 9.69 Å². The summed E-state index contributed by atoms with van der Waals surface area (Å²) in [7, 11) is 3.19. The van der Waals surface area contributed by atoms with Crippen molar-refractivity contribution in [2.45, 2.75) is 24.9 Å². The van der Waals surface area contributed by atoms with Gasteiger partial charge < -0.3 is 14.6 Å². The molecule has 2 atom stereocenters. The van der Waals surface area contributed by atoms with Crippen molar-refractivity contribution < 1.29 is 19.4 Å². The van der Waals surface area contributed by atoms with Gasteiger partial charge in [-0.05, 0) is 36.6 Å². The molecule has 0 saturated carbocycles. The van der Waals surface area contributed by atoms with E-state index in [2.05, 4.69) is 0 Å². The maximum Gasteiger partial charge on any atom is 0.320 e. The van der Waals surface area contributed by atoms with Crippen LogP contribution in [0.25, 0.3) is 0 Å². The number of benzene rings is 2. The zero-order valence-electron chi connectivity index (χ0n) is 14.8. The molecule has 26 heavy (non-hydrogen) atoms. The highest BCUT2D eigenvalue weighted by Crippen LogP contribution is 2.42. The summed E-state index contributed by atoms with van der Waals surface area (Å²) < 4.78 is 11.1. The van der Waals surface area contributed by atoms with Gasteiger partial charge in [0, 0.05) is 17.1 Å². The van der Waals surface area contributed by atoms with Crippen molar-refractivity contribution >= 4 is 17.6 Å². The number of hydrogen-bond acceptors (Lipinski definition) is 4. The first-order valence-corrected chi connectivity index (χ1v) is 8.89. The van der Waals surface area contributed by atoms with E-state index < -0.39 is 12.0 Å². The van der Waals surface area contributed by atoms with Crippen molar-refractivity contribution in [3.8, 4) is 11.5 Å². The van der Waals surface area contributed by atoms with Crippen molar-refractivity contribution in [2.75, 3.05) is 20.8 Å². The van der Waals surface area contributed by atoms with Gasteiger partial charge in [0.05, 0.1) is 20.3 Å². The monoisotopic (exact) mass is 375 g/mol. The van der Waals surface area contributed by atoms with Gasteiger partial charge in [0.1, 0.15) is 6.04 Å². The number of halogens is 1. The predicted molar refractivity (Wildman–Crippen MR) is 100 cm³/mol. The first-order chi connectivity index (χ1) is 12.6. The quantitative estimate of drug-likeness (QED) is 0.827. The number of para-hydroxylation sites is 1. The van der Waals surface area contributed by atoms with Crippen LogP contribution >= 0.6 is 11.6 Å². The van der Waals surface area contributed by atoms with Gasteiger partial charge in [0.15, 0.2) is 11.5 Å². The number of carbonyl (C=O) groups is 1.